The maximum Gasteiger partial charge on any atom is 0.135 e. The van der Waals surface area contributed by atoms with E-state index in [-0.39, 0.29) is 0 Å². The van der Waals surface area contributed by atoms with Gasteiger partial charge in [0, 0.05) is 61.4 Å². The van der Waals surface area contributed by atoms with Crippen LogP contribution in [0.3, 0.4) is 0 Å². The smallest absolute Gasteiger partial charge is 0.135 e. The van der Waals surface area contributed by atoms with Gasteiger partial charge in [-0.2, -0.15) is 0 Å². The first-order valence-electron chi connectivity index (χ1n) is 25.9. The fourth-order valence-electron chi connectivity index (χ4n) is 11.0. The number of rotatable bonds is 11. The molecule has 0 bridgehead atoms. The van der Waals surface area contributed by atoms with Crippen LogP contribution >= 0.6 is 0 Å². The Morgan fingerprint density at radius 3 is 1.05 bits per heavy atom. The number of anilines is 6. The molecular formula is C72H49N3O. The average Bonchev–Trinajstić information content (AvgIpc) is 4.09. The van der Waals surface area contributed by atoms with Crippen molar-refractivity contribution >= 4 is 77.9 Å². The zero-order valence-corrected chi connectivity index (χ0v) is 41.5. The summed E-state index contributed by atoms with van der Waals surface area (Å²) in [6.45, 7) is 0. The molecule has 0 fully saturated rings. The summed E-state index contributed by atoms with van der Waals surface area (Å²) >= 11 is 0. The van der Waals surface area contributed by atoms with E-state index in [1.54, 1.807) is 0 Å². The van der Waals surface area contributed by atoms with Gasteiger partial charge in [0.1, 0.15) is 11.2 Å². The van der Waals surface area contributed by atoms with Crippen LogP contribution < -0.4 is 9.80 Å². The predicted molar refractivity (Wildman–Crippen MR) is 319 cm³/mol. The highest BCUT2D eigenvalue weighted by atomic mass is 16.3. The SMILES string of the molecule is c1ccc(N(c2ccccc2)c2ccc(-c3ccc(N(c4ccc(-c5ccc(-c6ccc7oc8ccccc8c7c6)cc5)cc4)c4ccc(-c5ccc6c(c5)c5ccccc5n6-c5ccccc5)cc4)cc3)cc2)cc1. The second-order valence-electron chi connectivity index (χ2n) is 19.3. The first kappa shape index (κ1) is 44.5. The summed E-state index contributed by atoms with van der Waals surface area (Å²) in [6.07, 6.45) is 0. The van der Waals surface area contributed by atoms with E-state index in [9.17, 15) is 0 Å². The third-order valence-corrected chi connectivity index (χ3v) is 14.8. The monoisotopic (exact) mass is 971 g/mol. The van der Waals surface area contributed by atoms with E-state index in [0.717, 1.165) is 89.6 Å². The molecule has 76 heavy (non-hydrogen) atoms. The van der Waals surface area contributed by atoms with E-state index in [1.807, 2.05) is 12.1 Å². The zero-order valence-electron chi connectivity index (χ0n) is 41.5. The van der Waals surface area contributed by atoms with Gasteiger partial charge in [-0.05, 0) is 166 Å². The van der Waals surface area contributed by atoms with Crippen LogP contribution in [-0.2, 0) is 0 Å². The summed E-state index contributed by atoms with van der Waals surface area (Å²) in [5, 5.41) is 4.75. The largest absolute Gasteiger partial charge is 0.456 e. The maximum absolute atomic E-state index is 6.12. The minimum atomic E-state index is 0.907. The Morgan fingerprint density at radius 2 is 0.553 bits per heavy atom. The van der Waals surface area contributed by atoms with Gasteiger partial charge in [-0.3, -0.25) is 0 Å². The number of furan rings is 1. The minimum absolute atomic E-state index is 0.907. The summed E-state index contributed by atoms with van der Waals surface area (Å²) in [6, 6.07) is 107. The first-order valence-corrected chi connectivity index (χ1v) is 25.9. The normalized spacial score (nSPS) is 11.4. The third kappa shape index (κ3) is 8.15. The van der Waals surface area contributed by atoms with Gasteiger partial charge in [0.25, 0.3) is 0 Å². The Balaban J connectivity index is 0.789. The summed E-state index contributed by atoms with van der Waals surface area (Å²) in [5.74, 6) is 0. The average molecular weight is 972 g/mol. The number of hydrogen-bond acceptors (Lipinski definition) is 3. The second-order valence-corrected chi connectivity index (χ2v) is 19.3. The van der Waals surface area contributed by atoms with Crippen LogP contribution in [0.1, 0.15) is 0 Å². The van der Waals surface area contributed by atoms with Crippen LogP contribution in [0.4, 0.5) is 34.1 Å². The molecule has 0 saturated heterocycles. The Labute approximate surface area is 441 Å². The molecule has 0 aliphatic carbocycles. The van der Waals surface area contributed by atoms with Crippen LogP contribution in [0.2, 0.25) is 0 Å². The molecule has 14 rings (SSSR count). The van der Waals surface area contributed by atoms with Gasteiger partial charge >= 0.3 is 0 Å². The summed E-state index contributed by atoms with van der Waals surface area (Å²) in [4.78, 5) is 4.65. The molecule has 0 N–H and O–H groups in total. The second kappa shape index (κ2) is 19.0. The number of hydrogen-bond donors (Lipinski definition) is 0. The van der Waals surface area contributed by atoms with Gasteiger partial charge in [0.05, 0.1) is 11.0 Å². The molecule has 14 aromatic rings. The highest BCUT2D eigenvalue weighted by Crippen LogP contribution is 2.41. The van der Waals surface area contributed by atoms with Crippen molar-refractivity contribution in [3.63, 3.8) is 0 Å². The van der Waals surface area contributed by atoms with E-state index in [2.05, 4.69) is 299 Å². The van der Waals surface area contributed by atoms with Gasteiger partial charge in [0.15, 0.2) is 0 Å². The fourth-order valence-corrected chi connectivity index (χ4v) is 11.0. The Hall–Kier alpha value is -10.2. The quantitative estimate of drug-likeness (QED) is 0.129. The molecule has 0 atom stereocenters. The Bertz CT molecular complexity index is 4300. The minimum Gasteiger partial charge on any atom is -0.456 e. The molecule has 0 spiro atoms. The molecule has 0 saturated carbocycles. The Morgan fingerprint density at radius 1 is 0.224 bits per heavy atom. The number of para-hydroxylation sites is 5. The van der Waals surface area contributed by atoms with Gasteiger partial charge in [0.2, 0.25) is 0 Å². The molecule has 358 valence electrons. The summed E-state index contributed by atoms with van der Waals surface area (Å²) in [5.41, 5.74) is 21.2. The summed E-state index contributed by atoms with van der Waals surface area (Å²) in [7, 11) is 0. The molecule has 0 aliphatic rings. The van der Waals surface area contributed by atoms with Crippen molar-refractivity contribution in [3.8, 4) is 50.2 Å². The molecular weight excluding hydrogens is 923 g/mol. The highest BCUT2D eigenvalue weighted by Gasteiger charge is 2.18. The van der Waals surface area contributed by atoms with Crippen LogP contribution in [0.5, 0.6) is 0 Å². The lowest BCUT2D eigenvalue weighted by molar-refractivity contribution is 0.669. The van der Waals surface area contributed by atoms with Crippen LogP contribution in [0.25, 0.3) is 93.9 Å². The molecule has 0 unspecified atom stereocenters. The number of benzene rings is 12. The maximum atomic E-state index is 6.12. The Kier molecular flexibility index (Phi) is 11.2. The van der Waals surface area contributed by atoms with Crippen LogP contribution in [0.15, 0.2) is 302 Å². The molecule has 0 radical (unpaired) electrons. The molecule has 2 aromatic heterocycles. The standard InChI is InChI=1S/C72H49N3O/c1-4-14-58(15-5-1)73(59-16-6-2-7-17-59)61-38-30-52(31-39-61)53-32-42-63(43-33-53)74(62-40-28-51(29-41-62)50-24-26-54(27-25-50)57-37-47-72-68(49-57)66-21-11-13-23-71(66)76-72)64-44-34-55(35-45-64)56-36-46-70-67(48-56)65-20-10-12-22-69(65)75(70)60-18-8-3-9-19-60/h1-49H. The van der Waals surface area contributed by atoms with E-state index in [0.29, 0.717) is 0 Å². The van der Waals surface area contributed by atoms with Gasteiger partial charge < -0.3 is 18.8 Å². The van der Waals surface area contributed by atoms with E-state index in [4.69, 9.17) is 4.42 Å². The predicted octanol–water partition coefficient (Wildman–Crippen LogP) is 20.3. The fraction of sp³-hybridized carbons (Fsp3) is 0. The molecule has 0 amide bonds. The van der Waals surface area contributed by atoms with Gasteiger partial charge in [-0.15, -0.1) is 0 Å². The zero-order chi connectivity index (χ0) is 50.4. The molecule has 0 aliphatic heterocycles. The molecule has 4 nitrogen and oxygen atoms in total. The molecule has 4 heteroatoms. The van der Waals surface area contributed by atoms with Crippen LogP contribution in [-0.4, -0.2) is 4.57 Å². The number of nitrogens with zero attached hydrogens (tertiary/aromatic N) is 3. The summed E-state index contributed by atoms with van der Waals surface area (Å²) < 4.78 is 8.48. The lowest BCUT2D eigenvalue weighted by Crippen LogP contribution is -2.10. The topological polar surface area (TPSA) is 24.6 Å². The van der Waals surface area contributed by atoms with E-state index < -0.39 is 0 Å². The third-order valence-electron chi connectivity index (χ3n) is 14.8. The van der Waals surface area contributed by atoms with Gasteiger partial charge in [-0.1, -0.05) is 176 Å². The van der Waals surface area contributed by atoms with Crippen molar-refractivity contribution in [3.05, 3.63) is 297 Å². The molecule has 2 heterocycles. The van der Waals surface area contributed by atoms with Crippen molar-refractivity contribution in [2.45, 2.75) is 0 Å². The van der Waals surface area contributed by atoms with Gasteiger partial charge in [-0.25, -0.2) is 0 Å². The first-order chi connectivity index (χ1) is 37.7. The van der Waals surface area contributed by atoms with Crippen molar-refractivity contribution in [1.29, 1.82) is 0 Å². The van der Waals surface area contributed by atoms with Crippen LogP contribution in [0, 0.1) is 0 Å². The van der Waals surface area contributed by atoms with Crippen molar-refractivity contribution in [2.24, 2.45) is 0 Å². The highest BCUT2D eigenvalue weighted by molar-refractivity contribution is 6.10. The van der Waals surface area contributed by atoms with Crippen molar-refractivity contribution < 1.29 is 4.42 Å². The molecule has 12 aromatic carbocycles. The van der Waals surface area contributed by atoms with E-state index >= 15 is 0 Å². The number of aromatic nitrogens is 1. The lowest BCUT2D eigenvalue weighted by atomic mass is 9.98. The lowest BCUT2D eigenvalue weighted by Gasteiger charge is -2.26. The van der Waals surface area contributed by atoms with Crippen molar-refractivity contribution in [1.82, 2.24) is 4.57 Å². The van der Waals surface area contributed by atoms with Crippen molar-refractivity contribution in [2.75, 3.05) is 9.80 Å². The van der Waals surface area contributed by atoms with E-state index in [1.165, 1.54) is 38.5 Å². The number of fused-ring (bicyclic) bond motifs is 6.